The summed E-state index contributed by atoms with van der Waals surface area (Å²) in [5, 5.41) is 8.76. The lowest BCUT2D eigenvalue weighted by Crippen LogP contribution is -2.11. The lowest BCUT2D eigenvalue weighted by Gasteiger charge is -2.09. The Kier molecular flexibility index (Phi) is 5.55. The lowest BCUT2D eigenvalue weighted by molar-refractivity contribution is 0.647. The van der Waals surface area contributed by atoms with Crippen molar-refractivity contribution in [3.05, 3.63) is 52.3 Å². The Morgan fingerprint density at radius 1 is 1.17 bits per heavy atom. The number of hydrogen-bond acceptors (Lipinski definition) is 6. The molecule has 0 aliphatic heterocycles. The van der Waals surface area contributed by atoms with Crippen LogP contribution in [0.3, 0.4) is 0 Å². The zero-order valence-electron chi connectivity index (χ0n) is 15.8. The van der Waals surface area contributed by atoms with E-state index >= 15 is 0 Å². The first-order valence-electron chi connectivity index (χ1n) is 9.28. The van der Waals surface area contributed by atoms with E-state index in [1.807, 2.05) is 29.0 Å². The van der Waals surface area contributed by atoms with Crippen LogP contribution in [0.4, 0.5) is 11.8 Å². The summed E-state index contributed by atoms with van der Waals surface area (Å²) in [6, 6.07) is 7.32. The predicted molar refractivity (Wildman–Crippen MR) is 116 cm³/mol. The van der Waals surface area contributed by atoms with Crippen LogP contribution in [0.25, 0.3) is 17.1 Å². The average Bonchev–Trinajstić information content (AvgIpc) is 3.33. The van der Waals surface area contributed by atoms with E-state index in [-0.39, 0.29) is 0 Å². The number of nitrogens with two attached hydrogens (primary N) is 1. The first-order chi connectivity index (χ1) is 14.1. The number of imidazole rings is 1. The summed E-state index contributed by atoms with van der Waals surface area (Å²) in [5.41, 5.74) is 8.42. The summed E-state index contributed by atoms with van der Waals surface area (Å²) < 4.78 is 3.70. The topological polar surface area (TPSA) is 99.5 Å². The monoisotopic (exact) mass is 430 g/mol. The smallest absolute Gasteiger partial charge is 0.233 e. The van der Waals surface area contributed by atoms with Gasteiger partial charge >= 0.3 is 0 Å². The Morgan fingerprint density at radius 2 is 2.03 bits per heavy atom. The van der Waals surface area contributed by atoms with Gasteiger partial charge in [-0.05, 0) is 36.6 Å². The molecular formula is C19H20Cl2N8. The van der Waals surface area contributed by atoms with Crippen molar-refractivity contribution in [3.8, 4) is 5.95 Å². The number of nitrogens with one attached hydrogen (secondary N) is 1. The van der Waals surface area contributed by atoms with Crippen molar-refractivity contribution in [2.24, 2.45) is 0 Å². The number of benzene rings is 1. The van der Waals surface area contributed by atoms with Crippen LogP contribution < -0.4 is 11.1 Å². The van der Waals surface area contributed by atoms with Gasteiger partial charge in [-0.3, -0.25) is 4.57 Å². The normalized spacial score (nSPS) is 11.3. The van der Waals surface area contributed by atoms with Crippen LogP contribution in [0, 0.1) is 0 Å². The van der Waals surface area contributed by atoms with E-state index in [1.54, 1.807) is 16.9 Å². The van der Waals surface area contributed by atoms with Crippen LogP contribution in [0.5, 0.6) is 0 Å². The third-order valence-corrected chi connectivity index (χ3v) is 5.04. The van der Waals surface area contributed by atoms with E-state index in [0.29, 0.717) is 51.9 Å². The summed E-state index contributed by atoms with van der Waals surface area (Å²) in [6.45, 7) is 3.43. The fourth-order valence-corrected chi connectivity index (χ4v) is 3.62. The van der Waals surface area contributed by atoms with Crippen LogP contribution in [0.1, 0.15) is 18.9 Å². The molecule has 0 spiro atoms. The quantitative estimate of drug-likeness (QED) is 0.460. The van der Waals surface area contributed by atoms with E-state index < -0.39 is 0 Å². The molecule has 29 heavy (non-hydrogen) atoms. The van der Waals surface area contributed by atoms with Crippen LogP contribution in [-0.2, 0) is 13.0 Å². The van der Waals surface area contributed by atoms with Crippen LogP contribution in [-0.4, -0.2) is 35.8 Å². The lowest BCUT2D eigenvalue weighted by atomic mass is 10.1. The van der Waals surface area contributed by atoms with Gasteiger partial charge in [0.15, 0.2) is 17.0 Å². The van der Waals surface area contributed by atoms with Crippen LogP contribution in [0.15, 0.2) is 36.7 Å². The number of aromatic nitrogens is 6. The third kappa shape index (κ3) is 3.99. The van der Waals surface area contributed by atoms with Gasteiger partial charge in [-0.15, -0.1) is 0 Å². The number of halogens is 2. The van der Waals surface area contributed by atoms with Gasteiger partial charge in [0, 0.05) is 35.5 Å². The predicted octanol–water partition coefficient (Wildman–Crippen LogP) is 3.97. The fourth-order valence-electron chi connectivity index (χ4n) is 3.11. The molecule has 0 unspecified atom stereocenters. The van der Waals surface area contributed by atoms with Gasteiger partial charge in [0.1, 0.15) is 0 Å². The molecule has 0 bridgehead atoms. The SMILES string of the molecule is CCCn1c(-n2cccn2)nc2c(N)nc(NCCc3ccc(Cl)cc3Cl)nc21. The molecule has 8 nitrogen and oxygen atoms in total. The Balaban J connectivity index is 1.61. The maximum Gasteiger partial charge on any atom is 0.233 e. The van der Waals surface area contributed by atoms with Crippen molar-refractivity contribution in [2.45, 2.75) is 26.3 Å². The van der Waals surface area contributed by atoms with Crippen molar-refractivity contribution in [2.75, 3.05) is 17.6 Å². The zero-order valence-corrected chi connectivity index (χ0v) is 17.3. The highest BCUT2D eigenvalue weighted by molar-refractivity contribution is 6.35. The largest absolute Gasteiger partial charge is 0.382 e. The fraction of sp³-hybridized carbons (Fsp3) is 0.263. The number of nitrogen functional groups attached to an aromatic ring is 1. The Morgan fingerprint density at radius 3 is 2.76 bits per heavy atom. The van der Waals surface area contributed by atoms with E-state index in [4.69, 9.17) is 28.9 Å². The molecule has 3 heterocycles. The number of hydrogen-bond donors (Lipinski definition) is 2. The Labute approximate surface area is 177 Å². The molecule has 0 saturated carbocycles. The van der Waals surface area contributed by atoms with Crippen molar-refractivity contribution in [1.29, 1.82) is 0 Å². The van der Waals surface area contributed by atoms with Gasteiger partial charge in [-0.1, -0.05) is 36.2 Å². The highest BCUT2D eigenvalue weighted by Gasteiger charge is 2.17. The van der Waals surface area contributed by atoms with Crippen molar-refractivity contribution >= 4 is 46.1 Å². The average molecular weight is 431 g/mol. The molecule has 150 valence electrons. The van der Waals surface area contributed by atoms with Crippen LogP contribution in [0.2, 0.25) is 10.0 Å². The minimum atomic E-state index is 0.324. The van der Waals surface area contributed by atoms with Gasteiger partial charge in [-0.25, -0.2) is 9.67 Å². The molecule has 4 rings (SSSR count). The molecule has 0 aliphatic carbocycles. The number of aryl methyl sites for hydroxylation is 1. The summed E-state index contributed by atoms with van der Waals surface area (Å²) in [7, 11) is 0. The summed E-state index contributed by atoms with van der Waals surface area (Å²) in [5.74, 6) is 1.44. The Bertz CT molecular complexity index is 1140. The first kappa shape index (κ1) is 19.5. The van der Waals surface area contributed by atoms with Crippen molar-refractivity contribution in [1.82, 2.24) is 29.3 Å². The van der Waals surface area contributed by atoms with Gasteiger partial charge < -0.3 is 11.1 Å². The number of rotatable bonds is 7. The second kappa shape index (κ2) is 8.26. The molecule has 0 amide bonds. The molecule has 3 aromatic heterocycles. The van der Waals surface area contributed by atoms with E-state index in [1.165, 1.54) is 0 Å². The molecule has 0 saturated heterocycles. The summed E-state index contributed by atoms with van der Waals surface area (Å²) >= 11 is 12.2. The molecule has 0 fully saturated rings. The maximum atomic E-state index is 6.24. The Hall–Kier alpha value is -2.84. The molecule has 1 aromatic carbocycles. The van der Waals surface area contributed by atoms with Gasteiger partial charge in [0.25, 0.3) is 0 Å². The number of nitrogens with zero attached hydrogens (tertiary/aromatic N) is 6. The minimum absolute atomic E-state index is 0.324. The number of fused-ring (bicyclic) bond motifs is 1. The summed E-state index contributed by atoms with van der Waals surface area (Å²) in [4.78, 5) is 13.6. The van der Waals surface area contributed by atoms with Crippen LogP contribution >= 0.6 is 23.2 Å². The zero-order chi connectivity index (χ0) is 20.4. The first-order valence-corrected chi connectivity index (χ1v) is 10.0. The van der Waals surface area contributed by atoms with E-state index in [9.17, 15) is 0 Å². The standard InChI is InChI=1S/C19H20Cl2N8/c1-2-9-28-17-15(25-19(28)29-10-3-7-24-29)16(22)26-18(27-17)23-8-6-12-4-5-13(20)11-14(12)21/h3-5,7,10-11H,2,6,8-9H2,1H3,(H3,22,23,26,27). The molecule has 0 atom stereocenters. The maximum absolute atomic E-state index is 6.24. The molecule has 0 radical (unpaired) electrons. The van der Waals surface area contributed by atoms with E-state index in [2.05, 4.69) is 32.3 Å². The second-order valence-corrected chi connectivity index (χ2v) is 7.37. The van der Waals surface area contributed by atoms with Crippen molar-refractivity contribution < 1.29 is 0 Å². The van der Waals surface area contributed by atoms with Gasteiger partial charge in [0.05, 0.1) is 0 Å². The second-order valence-electron chi connectivity index (χ2n) is 6.53. The minimum Gasteiger partial charge on any atom is -0.382 e. The molecule has 10 heteroatoms. The van der Waals surface area contributed by atoms with Gasteiger partial charge in [0.2, 0.25) is 11.9 Å². The highest BCUT2D eigenvalue weighted by Crippen LogP contribution is 2.24. The number of anilines is 2. The third-order valence-electron chi connectivity index (χ3n) is 4.45. The van der Waals surface area contributed by atoms with E-state index in [0.717, 1.165) is 18.5 Å². The molecular weight excluding hydrogens is 411 g/mol. The van der Waals surface area contributed by atoms with Crippen molar-refractivity contribution in [3.63, 3.8) is 0 Å². The highest BCUT2D eigenvalue weighted by atomic mass is 35.5. The molecule has 3 N–H and O–H groups in total. The molecule has 4 aromatic rings. The summed E-state index contributed by atoms with van der Waals surface area (Å²) in [6.07, 6.45) is 5.16. The van der Waals surface area contributed by atoms with Gasteiger partial charge in [-0.2, -0.15) is 15.1 Å². The molecule has 0 aliphatic rings.